The van der Waals surface area contributed by atoms with E-state index in [1.54, 1.807) is 18.2 Å². The Labute approximate surface area is 296 Å². The molecule has 15 heteroatoms. The summed E-state index contributed by atoms with van der Waals surface area (Å²) in [5, 5.41) is 39.8. The van der Waals surface area contributed by atoms with E-state index in [9.17, 15) is 34.2 Å². The van der Waals surface area contributed by atoms with Crippen molar-refractivity contribution in [2.45, 2.75) is 26.4 Å². The van der Waals surface area contributed by atoms with Gasteiger partial charge in [-0.25, -0.2) is 19.4 Å². The van der Waals surface area contributed by atoms with Crippen molar-refractivity contribution < 1.29 is 31.1 Å². The van der Waals surface area contributed by atoms with Gasteiger partial charge in [0.05, 0.1) is 49.6 Å². The first kappa shape index (κ1) is 36.2. The highest BCUT2D eigenvalue weighted by molar-refractivity contribution is 6.19. The summed E-state index contributed by atoms with van der Waals surface area (Å²) in [7, 11) is 0. The molecular formula is C38H12F6N8O. The summed E-state index contributed by atoms with van der Waals surface area (Å²) in [5.41, 5.74) is -11.0. The molecule has 0 radical (unpaired) electrons. The van der Waals surface area contributed by atoms with Gasteiger partial charge >= 0.3 is 12.5 Å². The summed E-state index contributed by atoms with van der Waals surface area (Å²) in [6, 6.07) is 13.2. The highest BCUT2D eigenvalue weighted by Gasteiger charge is 2.50. The molecule has 0 N–H and O–H groups in total. The molecule has 0 atom stereocenters. The van der Waals surface area contributed by atoms with Crippen LogP contribution in [0.5, 0.6) is 0 Å². The zero-order valence-electron chi connectivity index (χ0n) is 26.7. The van der Waals surface area contributed by atoms with Crippen molar-refractivity contribution in [2.75, 3.05) is 0 Å². The van der Waals surface area contributed by atoms with Gasteiger partial charge in [0.2, 0.25) is 0 Å². The number of benzene rings is 3. The number of hydrogen-bond donors (Lipinski definition) is 0. The Morgan fingerprint density at radius 2 is 1.25 bits per heavy atom. The summed E-state index contributed by atoms with van der Waals surface area (Å²) < 4.78 is 93.4. The molecule has 2 aliphatic carbocycles. The second-order valence-electron chi connectivity index (χ2n) is 11.1. The van der Waals surface area contributed by atoms with Gasteiger partial charge in [-0.15, -0.1) is 13.2 Å². The summed E-state index contributed by atoms with van der Waals surface area (Å²) in [6.45, 7) is 33.2. The molecule has 0 fully saturated rings. The van der Waals surface area contributed by atoms with Crippen molar-refractivity contribution in [3.05, 3.63) is 149 Å². The van der Waals surface area contributed by atoms with Crippen LogP contribution in [0.15, 0.2) is 47.7 Å². The Bertz CT molecular complexity index is 2660. The van der Waals surface area contributed by atoms with Crippen LogP contribution in [0.1, 0.15) is 62.6 Å². The average molecular weight is 711 g/mol. The minimum absolute atomic E-state index is 0.119. The number of fused-ring (bicyclic) bond motifs is 2. The van der Waals surface area contributed by atoms with E-state index in [0.29, 0.717) is 0 Å². The molecule has 9 nitrogen and oxygen atoms in total. The first-order chi connectivity index (χ1) is 25.0. The maximum Gasteiger partial charge on any atom is 0.573 e. The van der Waals surface area contributed by atoms with E-state index in [2.05, 4.69) is 24.1 Å². The SMILES string of the molecule is [C-]#[N+]C1=C(C)/C(=C(\[N+]#[C-])c2cc(C#N)cc([N+]#[C-])c2)c2c1c(C)c1c(c2C(F)(F)F)C(C#N)=C(OC(F)(F)F)/C1=C(\C#N)c1cc(C#N)cc([N+]#[C-])c1. The molecular weight excluding hydrogens is 698 g/mol. The number of nitrogens with zero attached hydrogens (tertiary/aromatic N) is 8. The van der Waals surface area contributed by atoms with Gasteiger partial charge in [0.1, 0.15) is 17.7 Å². The molecule has 0 spiro atoms. The van der Waals surface area contributed by atoms with Gasteiger partial charge in [0, 0.05) is 22.3 Å². The number of alkyl halides is 6. The first-order valence-corrected chi connectivity index (χ1v) is 14.4. The van der Waals surface area contributed by atoms with Crippen LogP contribution >= 0.6 is 0 Å². The van der Waals surface area contributed by atoms with Gasteiger partial charge in [0.15, 0.2) is 28.5 Å². The lowest BCUT2D eigenvalue weighted by Gasteiger charge is -2.23. The summed E-state index contributed by atoms with van der Waals surface area (Å²) in [4.78, 5) is 13.3. The van der Waals surface area contributed by atoms with Crippen LogP contribution < -0.4 is 0 Å². The molecule has 252 valence electrons. The molecule has 0 unspecified atom stereocenters. The Balaban J connectivity index is 2.13. The molecule has 5 rings (SSSR count). The predicted octanol–water partition coefficient (Wildman–Crippen LogP) is 10.5. The lowest BCUT2D eigenvalue weighted by atomic mass is 9.82. The monoisotopic (exact) mass is 710 g/mol. The topological polar surface area (TPSA) is 122 Å². The van der Waals surface area contributed by atoms with E-state index in [-0.39, 0.29) is 44.8 Å². The van der Waals surface area contributed by atoms with Crippen molar-refractivity contribution in [2.24, 2.45) is 0 Å². The van der Waals surface area contributed by atoms with Crippen molar-refractivity contribution in [1.82, 2.24) is 0 Å². The number of nitriles is 4. The van der Waals surface area contributed by atoms with Crippen LogP contribution in [0.2, 0.25) is 0 Å². The maximum atomic E-state index is 15.6. The second kappa shape index (κ2) is 13.0. The van der Waals surface area contributed by atoms with E-state index < -0.39 is 79.8 Å². The Hall–Kier alpha value is -8.08. The molecule has 3 aromatic rings. The standard InChI is InChI=1S/C38H12F6N8O/c1-17-27-30(26(16-48)36(53-38(42,43)44)31(27)25(15-47)21-7-19(13-45)9-23(11-21)49-3)33(37(39,40)41)32-28(17)34(51-5)18(2)29(32)35(52-6)22-8-20(14-46)10-24(12-22)50-4/h7-12H,1-2H3/b31-25+,35-29+. The van der Waals surface area contributed by atoms with E-state index in [1.807, 2.05) is 0 Å². The zero-order valence-corrected chi connectivity index (χ0v) is 26.7. The maximum absolute atomic E-state index is 15.6. The zero-order chi connectivity index (χ0) is 39.2. The first-order valence-electron chi connectivity index (χ1n) is 14.4. The van der Waals surface area contributed by atoms with E-state index >= 15 is 13.2 Å². The summed E-state index contributed by atoms with van der Waals surface area (Å²) >= 11 is 0. The molecule has 53 heavy (non-hydrogen) atoms. The fourth-order valence-corrected chi connectivity index (χ4v) is 6.40. The van der Waals surface area contributed by atoms with Crippen molar-refractivity contribution in [3.8, 4) is 24.3 Å². The van der Waals surface area contributed by atoms with Gasteiger partial charge in [-0.2, -0.15) is 34.2 Å². The van der Waals surface area contributed by atoms with Crippen LogP contribution in [0, 0.1) is 78.5 Å². The highest BCUT2D eigenvalue weighted by atomic mass is 19.4. The molecule has 0 saturated heterocycles. The van der Waals surface area contributed by atoms with Crippen LogP contribution in [0.25, 0.3) is 53.1 Å². The van der Waals surface area contributed by atoms with Crippen LogP contribution in [-0.4, -0.2) is 6.36 Å². The molecule has 0 bridgehead atoms. The van der Waals surface area contributed by atoms with Gasteiger partial charge in [0.25, 0.3) is 0 Å². The number of halogens is 6. The highest BCUT2D eigenvalue weighted by Crippen LogP contribution is 2.59. The fourth-order valence-electron chi connectivity index (χ4n) is 6.40. The van der Waals surface area contributed by atoms with Gasteiger partial charge in [-0.1, -0.05) is 19.1 Å². The molecule has 0 aromatic heterocycles. The summed E-state index contributed by atoms with van der Waals surface area (Å²) in [5.74, 6) is -1.47. The van der Waals surface area contributed by atoms with E-state index in [1.165, 1.54) is 26.0 Å². The lowest BCUT2D eigenvalue weighted by Crippen LogP contribution is -2.15. The third-order valence-electron chi connectivity index (χ3n) is 8.27. The number of allylic oxidation sites excluding steroid dienone is 5. The van der Waals surface area contributed by atoms with Gasteiger partial charge in [-0.3, -0.25) is 0 Å². The molecule has 0 saturated carbocycles. The van der Waals surface area contributed by atoms with E-state index in [4.69, 9.17) is 26.3 Å². The van der Waals surface area contributed by atoms with Gasteiger partial charge < -0.3 is 4.74 Å². The van der Waals surface area contributed by atoms with E-state index in [0.717, 1.165) is 30.3 Å². The van der Waals surface area contributed by atoms with Crippen LogP contribution in [0.4, 0.5) is 37.7 Å². The van der Waals surface area contributed by atoms with Gasteiger partial charge in [-0.05, 0) is 75.7 Å². The van der Waals surface area contributed by atoms with Crippen molar-refractivity contribution >= 4 is 45.1 Å². The Morgan fingerprint density at radius 3 is 1.70 bits per heavy atom. The third-order valence-corrected chi connectivity index (χ3v) is 8.27. The Morgan fingerprint density at radius 1 is 0.679 bits per heavy atom. The molecule has 2 aliphatic rings. The Kier molecular flexibility index (Phi) is 8.87. The number of rotatable bonds is 3. The second-order valence-corrected chi connectivity index (χ2v) is 11.1. The normalized spacial score (nSPS) is 14.9. The third kappa shape index (κ3) is 5.84. The van der Waals surface area contributed by atoms with Crippen LogP contribution in [0.3, 0.4) is 0 Å². The number of hydrogen-bond acceptors (Lipinski definition) is 5. The average Bonchev–Trinajstić information content (AvgIpc) is 3.58. The molecule has 0 aliphatic heterocycles. The summed E-state index contributed by atoms with van der Waals surface area (Å²) in [6.07, 6.45) is -11.1. The molecule has 0 amide bonds. The number of ether oxygens (including phenoxy) is 1. The lowest BCUT2D eigenvalue weighted by molar-refractivity contribution is -0.302. The minimum atomic E-state index is -5.62. The predicted molar refractivity (Wildman–Crippen MR) is 176 cm³/mol. The quantitative estimate of drug-likeness (QED) is 0.152. The van der Waals surface area contributed by atoms with Crippen molar-refractivity contribution in [3.63, 3.8) is 0 Å². The fraction of sp³-hybridized carbons (Fsp3) is 0.105. The smallest absolute Gasteiger partial charge is 0.404 e. The van der Waals surface area contributed by atoms with Crippen molar-refractivity contribution in [1.29, 1.82) is 21.0 Å². The minimum Gasteiger partial charge on any atom is -0.404 e. The van der Waals surface area contributed by atoms with Crippen LogP contribution in [-0.2, 0) is 10.9 Å². The molecule has 0 heterocycles. The largest absolute Gasteiger partial charge is 0.573 e. The molecule has 3 aromatic carbocycles.